The number of ether oxygens (including phenoxy) is 1. The minimum atomic E-state index is 0. The Bertz CT molecular complexity index is 573. The number of piperidine rings is 1. The zero-order valence-corrected chi connectivity index (χ0v) is 20.0. The lowest BCUT2D eigenvalue weighted by molar-refractivity contribution is 0.214. The highest BCUT2D eigenvalue weighted by atomic mass is 127. The summed E-state index contributed by atoms with van der Waals surface area (Å²) in [5.41, 5.74) is 2.47. The molecule has 1 saturated heterocycles. The largest absolute Gasteiger partial charge is 0.492 e. The van der Waals surface area contributed by atoms with Crippen LogP contribution in [0.5, 0.6) is 5.75 Å². The number of likely N-dealkylation sites (tertiary alicyclic amines) is 1. The molecule has 1 fully saturated rings. The zero-order valence-electron chi connectivity index (χ0n) is 17.6. The second-order valence-corrected chi connectivity index (χ2v) is 7.56. The average Bonchev–Trinajstić information content (AvgIpc) is 2.57. The lowest BCUT2D eigenvalue weighted by atomic mass is 9.99. The van der Waals surface area contributed by atoms with Gasteiger partial charge in [-0.1, -0.05) is 6.07 Å². The predicted octanol–water partition coefficient (Wildman–Crippen LogP) is 3.54. The van der Waals surface area contributed by atoms with Crippen LogP contribution in [0.1, 0.15) is 30.9 Å². The van der Waals surface area contributed by atoms with Crippen LogP contribution in [0.25, 0.3) is 0 Å². The van der Waals surface area contributed by atoms with Crippen molar-refractivity contribution in [1.29, 1.82) is 0 Å². The maximum Gasteiger partial charge on any atom is 0.193 e. The van der Waals surface area contributed by atoms with Crippen LogP contribution in [0.2, 0.25) is 0 Å². The van der Waals surface area contributed by atoms with Crippen LogP contribution >= 0.6 is 24.0 Å². The van der Waals surface area contributed by atoms with E-state index in [-0.39, 0.29) is 24.0 Å². The molecule has 0 spiro atoms. The summed E-state index contributed by atoms with van der Waals surface area (Å²) in [6.07, 6.45) is 2.57. The van der Waals surface area contributed by atoms with Crippen LogP contribution in [-0.4, -0.2) is 69.2 Å². The molecule has 1 unspecified atom stereocenters. The van der Waals surface area contributed by atoms with E-state index in [1.807, 2.05) is 0 Å². The van der Waals surface area contributed by atoms with Crippen molar-refractivity contribution in [2.75, 3.05) is 53.4 Å². The van der Waals surface area contributed by atoms with E-state index < -0.39 is 0 Å². The Balaban J connectivity index is 0.00000364. The number of guanidine groups is 1. The van der Waals surface area contributed by atoms with Crippen LogP contribution in [0.15, 0.2) is 23.2 Å². The fourth-order valence-electron chi connectivity index (χ4n) is 3.53. The van der Waals surface area contributed by atoms with Gasteiger partial charge in [0, 0.05) is 26.7 Å². The number of hydrogen-bond donors (Lipinski definition) is 1. The highest BCUT2D eigenvalue weighted by Crippen LogP contribution is 2.16. The summed E-state index contributed by atoms with van der Waals surface area (Å²) >= 11 is 0. The van der Waals surface area contributed by atoms with Crippen molar-refractivity contribution in [2.45, 2.75) is 33.6 Å². The first-order chi connectivity index (χ1) is 12.5. The summed E-state index contributed by atoms with van der Waals surface area (Å²) in [4.78, 5) is 9.45. The fraction of sp³-hybridized carbons (Fsp3) is 0.667. The fourth-order valence-corrected chi connectivity index (χ4v) is 3.53. The van der Waals surface area contributed by atoms with E-state index >= 15 is 0 Å². The zero-order chi connectivity index (χ0) is 18.9. The molecule has 5 nitrogen and oxygen atoms in total. The summed E-state index contributed by atoms with van der Waals surface area (Å²) in [5, 5.41) is 3.41. The van der Waals surface area contributed by atoms with Gasteiger partial charge in [0.05, 0.1) is 6.54 Å². The SMILES string of the molecule is CCNC(=NCC1CCCN(C)C1)N(C)CCOc1cc(C)cc(C)c1.I. The second-order valence-electron chi connectivity index (χ2n) is 7.56. The van der Waals surface area contributed by atoms with Crippen molar-refractivity contribution in [1.82, 2.24) is 15.1 Å². The van der Waals surface area contributed by atoms with Gasteiger partial charge in [-0.2, -0.15) is 0 Å². The lowest BCUT2D eigenvalue weighted by Crippen LogP contribution is -2.41. The predicted molar refractivity (Wildman–Crippen MR) is 126 cm³/mol. The van der Waals surface area contributed by atoms with Crippen molar-refractivity contribution in [3.8, 4) is 5.75 Å². The highest BCUT2D eigenvalue weighted by Gasteiger charge is 2.17. The number of aryl methyl sites for hydroxylation is 2. The third-order valence-corrected chi connectivity index (χ3v) is 4.81. The minimum Gasteiger partial charge on any atom is -0.492 e. The van der Waals surface area contributed by atoms with E-state index in [4.69, 9.17) is 9.73 Å². The number of halogens is 1. The van der Waals surface area contributed by atoms with E-state index in [1.54, 1.807) is 0 Å². The first-order valence-corrected chi connectivity index (χ1v) is 9.87. The van der Waals surface area contributed by atoms with Crippen molar-refractivity contribution in [3.05, 3.63) is 29.3 Å². The molecule has 0 bridgehead atoms. The maximum absolute atomic E-state index is 5.94. The Hall–Kier alpha value is -1.02. The molecule has 0 aromatic heterocycles. The lowest BCUT2D eigenvalue weighted by Gasteiger charge is -2.29. The van der Waals surface area contributed by atoms with Crippen molar-refractivity contribution < 1.29 is 4.74 Å². The Labute approximate surface area is 182 Å². The average molecular weight is 488 g/mol. The van der Waals surface area contributed by atoms with Gasteiger partial charge in [-0.05, 0) is 76.4 Å². The van der Waals surface area contributed by atoms with Gasteiger partial charge in [0.15, 0.2) is 5.96 Å². The number of hydrogen-bond acceptors (Lipinski definition) is 3. The van der Waals surface area contributed by atoms with Gasteiger partial charge < -0.3 is 19.9 Å². The number of likely N-dealkylation sites (N-methyl/N-ethyl adjacent to an activating group) is 1. The molecular weight excluding hydrogens is 451 g/mol. The molecule has 1 aliphatic heterocycles. The molecule has 1 aromatic carbocycles. The Morgan fingerprint density at radius 1 is 1.30 bits per heavy atom. The quantitative estimate of drug-likeness (QED) is 0.362. The topological polar surface area (TPSA) is 40.1 Å². The van der Waals surface area contributed by atoms with Crippen LogP contribution < -0.4 is 10.1 Å². The van der Waals surface area contributed by atoms with Crippen LogP contribution in [0.3, 0.4) is 0 Å². The second kappa shape index (κ2) is 12.4. The normalized spacial score (nSPS) is 18.0. The van der Waals surface area contributed by atoms with Gasteiger partial charge in [-0.3, -0.25) is 4.99 Å². The molecule has 0 amide bonds. The molecule has 2 rings (SSSR count). The van der Waals surface area contributed by atoms with Gasteiger partial charge in [0.1, 0.15) is 12.4 Å². The number of aliphatic imine (C=N–C) groups is 1. The molecule has 1 heterocycles. The first-order valence-electron chi connectivity index (χ1n) is 9.87. The number of benzene rings is 1. The van der Waals surface area contributed by atoms with Crippen LogP contribution in [0, 0.1) is 19.8 Å². The molecule has 27 heavy (non-hydrogen) atoms. The Morgan fingerprint density at radius 3 is 2.63 bits per heavy atom. The van der Waals surface area contributed by atoms with Crippen LogP contribution in [-0.2, 0) is 0 Å². The summed E-state index contributed by atoms with van der Waals surface area (Å²) in [5.74, 6) is 2.59. The molecule has 1 atom stereocenters. The first kappa shape index (κ1) is 24.0. The van der Waals surface area contributed by atoms with E-state index in [1.165, 1.54) is 30.5 Å². The van der Waals surface area contributed by atoms with Gasteiger partial charge in [-0.15, -0.1) is 24.0 Å². The summed E-state index contributed by atoms with van der Waals surface area (Å²) in [7, 11) is 4.29. The smallest absolute Gasteiger partial charge is 0.193 e. The highest BCUT2D eigenvalue weighted by molar-refractivity contribution is 14.0. The van der Waals surface area contributed by atoms with E-state index in [9.17, 15) is 0 Å². The van der Waals surface area contributed by atoms with Gasteiger partial charge in [0.2, 0.25) is 0 Å². The maximum atomic E-state index is 5.94. The number of nitrogens with one attached hydrogen (secondary N) is 1. The monoisotopic (exact) mass is 488 g/mol. The van der Waals surface area contributed by atoms with Crippen molar-refractivity contribution in [2.24, 2.45) is 10.9 Å². The van der Waals surface area contributed by atoms with Crippen molar-refractivity contribution in [3.63, 3.8) is 0 Å². The summed E-state index contributed by atoms with van der Waals surface area (Å²) in [6, 6.07) is 6.34. The summed E-state index contributed by atoms with van der Waals surface area (Å²) in [6.45, 7) is 11.9. The molecule has 0 saturated carbocycles. The molecule has 1 aliphatic rings. The molecule has 1 N–H and O–H groups in total. The van der Waals surface area contributed by atoms with E-state index in [2.05, 4.69) is 68.2 Å². The molecule has 154 valence electrons. The van der Waals surface area contributed by atoms with Crippen molar-refractivity contribution >= 4 is 29.9 Å². The van der Waals surface area contributed by atoms with Gasteiger partial charge in [0.25, 0.3) is 0 Å². The standard InChI is InChI=1S/C21H36N4O.HI/c1-6-22-21(23-15-19-8-7-9-24(4)16-19)25(5)10-11-26-20-13-17(2)12-18(3)14-20;/h12-14,19H,6-11,15-16H2,1-5H3,(H,22,23);1H. The van der Waals surface area contributed by atoms with Crippen LogP contribution in [0.4, 0.5) is 0 Å². The third-order valence-electron chi connectivity index (χ3n) is 4.81. The van der Waals surface area contributed by atoms with Gasteiger partial charge in [-0.25, -0.2) is 0 Å². The molecular formula is C21H37IN4O. The van der Waals surface area contributed by atoms with E-state index in [0.29, 0.717) is 12.5 Å². The minimum absolute atomic E-state index is 0. The molecule has 6 heteroatoms. The Kier molecular flexibility index (Phi) is 11.1. The van der Waals surface area contributed by atoms with E-state index in [0.717, 1.165) is 37.9 Å². The molecule has 0 aliphatic carbocycles. The Morgan fingerprint density at radius 2 is 2.00 bits per heavy atom. The number of rotatable bonds is 7. The molecule has 1 aromatic rings. The number of nitrogens with zero attached hydrogens (tertiary/aromatic N) is 3. The van der Waals surface area contributed by atoms with Gasteiger partial charge >= 0.3 is 0 Å². The summed E-state index contributed by atoms with van der Waals surface area (Å²) < 4.78 is 5.94. The third kappa shape index (κ3) is 8.68. The molecule has 0 radical (unpaired) electrons.